The summed E-state index contributed by atoms with van der Waals surface area (Å²) >= 11 is 0. The van der Waals surface area contributed by atoms with Crippen LogP contribution in [0.5, 0.6) is 5.75 Å². The zero-order chi connectivity index (χ0) is 15.9. The van der Waals surface area contributed by atoms with Crippen LogP contribution in [0.4, 0.5) is 0 Å². The van der Waals surface area contributed by atoms with E-state index < -0.39 is 5.91 Å². The highest BCUT2D eigenvalue weighted by atomic mass is 16.5. The number of benzene rings is 1. The van der Waals surface area contributed by atoms with Crippen molar-refractivity contribution in [2.75, 3.05) is 20.2 Å². The summed E-state index contributed by atoms with van der Waals surface area (Å²) in [5, 5.41) is 4.17. The minimum absolute atomic E-state index is 0.0969. The number of primary amides is 1. The molecule has 118 valence electrons. The van der Waals surface area contributed by atoms with Crippen molar-refractivity contribution in [2.24, 2.45) is 12.8 Å². The highest BCUT2D eigenvalue weighted by Gasteiger charge is 2.04. The van der Waals surface area contributed by atoms with Gasteiger partial charge in [0.1, 0.15) is 5.75 Å². The van der Waals surface area contributed by atoms with Gasteiger partial charge in [-0.2, -0.15) is 5.10 Å². The number of likely N-dealkylation sites (N-methyl/N-ethyl adjacent to an activating group) is 1. The highest BCUT2D eigenvalue weighted by molar-refractivity contribution is 5.75. The number of hydrogen-bond acceptors (Lipinski definition) is 4. The number of carbonyl (C=O) groups excluding carboxylic acids is 1. The van der Waals surface area contributed by atoms with Crippen LogP contribution in [0.2, 0.25) is 0 Å². The van der Waals surface area contributed by atoms with E-state index in [1.54, 1.807) is 0 Å². The largest absolute Gasteiger partial charge is 0.484 e. The van der Waals surface area contributed by atoms with Crippen molar-refractivity contribution in [1.29, 1.82) is 0 Å². The SMILES string of the molecule is CN(CCc1cnn(C)c1)Cc1cccc(OCC(N)=O)c1. The normalized spacial score (nSPS) is 10.9. The quantitative estimate of drug-likeness (QED) is 0.788. The first kappa shape index (κ1) is 16.0. The summed E-state index contributed by atoms with van der Waals surface area (Å²) in [4.78, 5) is 13.0. The number of aromatic nitrogens is 2. The van der Waals surface area contributed by atoms with Gasteiger partial charge >= 0.3 is 0 Å². The van der Waals surface area contributed by atoms with Crippen LogP contribution in [0.15, 0.2) is 36.7 Å². The molecule has 0 saturated carbocycles. The molecule has 0 atom stereocenters. The zero-order valence-corrected chi connectivity index (χ0v) is 13.0. The fourth-order valence-electron chi connectivity index (χ4n) is 2.20. The van der Waals surface area contributed by atoms with E-state index in [1.807, 2.05) is 48.4 Å². The number of hydrogen-bond donors (Lipinski definition) is 1. The van der Waals surface area contributed by atoms with E-state index in [0.29, 0.717) is 5.75 Å². The highest BCUT2D eigenvalue weighted by Crippen LogP contribution is 2.14. The predicted octanol–water partition coefficient (Wildman–Crippen LogP) is 0.959. The molecule has 0 saturated heterocycles. The van der Waals surface area contributed by atoms with Gasteiger partial charge in [-0.3, -0.25) is 9.48 Å². The van der Waals surface area contributed by atoms with Gasteiger partial charge < -0.3 is 15.4 Å². The molecule has 1 aromatic heterocycles. The number of ether oxygens (including phenoxy) is 1. The van der Waals surface area contributed by atoms with Gasteiger partial charge in [0.2, 0.25) is 0 Å². The van der Waals surface area contributed by atoms with Crippen molar-refractivity contribution in [3.8, 4) is 5.75 Å². The van der Waals surface area contributed by atoms with Gasteiger partial charge in [0.15, 0.2) is 6.61 Å². The van der Waals surface area contributed by atoms with Gasteiger partial charge in [-0.05, 0) is 36.7 Å². The Labute approximate surface area is 130 Å². The third kappa shape index (κ3) is 5.21. The molecule has 0 radical (unpaired) electrons. The molecule has 0 aliphatic heterocycles. The third-order valence-electron chi connectivity index (χ3n) is 3.27. The van der Waals surface area contributed by atoms with Gasteiger partial charge in [0.05, 0.1) is 6.20 Å². The Morgan fingerprint density at radius 2 is 2.23 bits per heavy atom. The predicted molar refractivity (Wildman–Crippen MR) is 84.4 cm³/mol. The Bertz CT molecular complexity index is 624. The van der Waals surface area contributed by atoms with E-state index in [4.69, 9.17) is 10.5 Å². The molecule has 1 heterocycles. The minimum Gasteiger partial charge on any atom is -0.484 e. The Balaban J connectivity index is 1.84. The lowest BCUT2D eigenvalue weighted by atomic mass is 10.2. The summed E-state index contributed by atoms with van der Waals surface area (Å²) in [7, 11) is 4.00. The molecule has 6 heteroatoms. The monoisotopic (exact) mass is 302 g/mol. The Morgan fingerprint density at radius 1 is 1.41 bits per heavy atom. The molecule has 2 aromatic rings. The summed E-state index contributed by atoms with van der Waals surface area (Å²) in [5.41, 5.74) is 7.44. The van der Waals surface area contributed by atoms with Crippen LogP contribution in [0.25, 0.3) is 0 Å². The number of nitrogens with zero attached hydrogens (tertiary/aromatic N) is 3. The smallest absolute Gasteiger partial charge is 0.255 e. The Kier molecular flexibility index (Phi) is 5.55. The molecule has 0 aliphatic carbocycles. The van der Waals surface area contributed by atoms with Crippen LogP contribution < -0.4 is 10.5 Å². The molecular weight excluding hydrogens is 280 g/mol. The second-order valence-electron chi connectivity index (χ2n) is 5.41. The second-order valence-corrected chi connectivity index (χ2v) is 5.41. The fraction of sp³-hybridized carbons (Fsp3) is 0.375. The molecule has 0 unspecified atom stereocenters. The van der Waals surface area contributed by atoms with Gasteiger partial charge in [-0.1, -0.05) is 12.1 Å². The Morgan fingerprint density at radius 3 is 2.91 bits per heavy atom. The number of rotatable bonds is 8. The van der Waals surface area contributed by atoms with E-state index in [2.05, 4.69) is 17.0 Å². The third-order valence-corrected chi connectivity index (χ3v) is 3.27. The molecular formula is C16H22N4O2. The maximum atomic E-state index is 10.7. The maximum absolute atomic E-state index is 10.7. The van der Waals surface area contributed by atoms with E-state index in [9.17, 15) is 4.79 Å². The topological polar surface area (TPSA) is 73.4 Å². The van der Waals surface area contributed by atoms with Crippen LogP contribution in [-0.2, 0) is 24.8 Å². The molecule has 0 aliphatic rings. The van der Waals surface area contributed by atoms with Crippen LogP contribution >= 0.6 is 0 Å². The summed E-state index contributed by atoms with van der Waals surface area (Å²) in [5.74, 6) is 0.191. The van der Waals surface area contributed by atoms with Crippen molar-refractivity contribution in [3.05, 3.63) is 47.8 Å². The first-order valence-electron chi connectivity index (χ1n) is 7.19. The Hall–Kier alpha value is -2.34. The van der Waals surface area contributed by atoms with Crippen molar-refractivity contribution in [2.45, 2.75) is 13.0 Å². The average Bonchev–Trinajstić information content (AvgIpc) is 2.89. The number of nitrogens with two attached hydrogens (primary N) is 1. The van der Waals surface area contributed by atoms with Gasteiger partial charge in [0, 0.05) is 26.3 Å². The van der Waals surface area contributed by atoms with Crippen LogP contribution in [0.3, 0.4) is 0 Å². The van der Waals surface area contributed by atoms with E-state index in [-0.39, 0.29) is 6.61 Å². The molecule has 0 spiro atoms. The number of carbonyl (C=O) groups is 1. The standard InChI is InChI=1S/C16H22N4O2/c1-19(7-6-14-9-18-20(2)11-14)10-13-4-3-5-15(8-13)22-12-16(17)21/h3-5,8-9,11H,6-7,10,12H2,1-2H3,(H2,17,21). The van der Waals surface area contributed by atoms with Gasteiger partial charge in [0.25, 0.3) is 5.91 Å². The number of aryl methyl sites for hydroxylation is 1. The lowest BCUT2D eigenvalue weighted by Crippen LogP contribution is -2.21. The van der Waals surface area contributed by atoms with Crippen LogP contribution in [-0.4, -0.2) is 40.8 Å². The van der Waals surface area contributed by atoms with Crippen molar-refractivity contribution >= 4 is 5.91 Å². The van der Waals surface area contributed by atoms with Crippen LogP contribution in [0.1, 0.15) is 11.1 Å². The van der Waals surface area contributed by atoms with E-state index in [0.717, 1.165) is 25.1 Å². The van der Waals surface area contributed by atoms with E-state index in [1.165, 1.54) is 5.56 Å². The summed E-state index contributed by atoms with van der Waals surface area (Å²) in [6.07, 6.45) is 4.89. The van der Waals surface area contributed by atoms with E-state index >= 15 is 0 Å². The van der Waals surface area contributed by atoms with Gasteiger partial charge in [-0.25, -0.2) is 0 Å². The molecule has 0 bridgehead atoms. The van der Waals surface area contributed by atoms with Crippen molar-refractivity contribution in [3.63, 3.8) is 0 Å². The molecule has 2 N–H and O–H groups in total. The first-order chi connectivity index (χ1) is 10.5. The second kappa shape index (κ2) is 7.61. The molecule has 2 rings (SSSR count). The summed E-state index contributed by atoms with van der Waals surface area (Å²) in [6.45, 7) is 1.66. The lowest BCUT2D eigenvalue weighted by molar-refractivity contribution is -0.119. The van der Waals surface area contributed by atoms with Crippen LogP contribution in [0, 0.1) is 0 Å². The van der Waals surface area contributed by atoms with Gasteiger partial charge in [-0.15, -0.1) is 0 Å². The first-order valence-corrected chi connectivity index (χ1v) is 7.19. The summed E-state index contributed by atoms with van der Waals surface area (Å²) in [6, 6.07) is 7.71. The average molecular weight is 302 g/mol. The minimum atomic E-state index is -0.473. The fourth-order valence-corrected chi connectivity index (χ4v) is 2.20. The van der Waals surface area contributed by atoms with Crippen molar-refractivity contribution in [1.82, 2.24) is 14.7 Å². The molecule has 6 nitrogen and oxygen atoms in total. The molecule has 22 heavy (non-hydrogen) atoms. The van der Waals surface area contributed by atoms with Crippen molar-refractivity contribution < 1.29 is 9.53 Å². The summed E-state index contributed by atoms with van der Waals surface area (Å²) < 4.78 is 7.13. The molecule has 1 amide bonds. The lowest BCUT2D eigenvalue weighted by Gasteiger charge is -2.16. The zero-order valence-electron chi connectivity index (χ0n) is 13.0. The molecule has 1 aromatic carbocycles. The maximum Gasteiger partial charge on any atom is 0.255 e. The number of amides is 1. The molecule has 0 fully saturated rings.